The summed E-state index contributed by atoms with van der Waals surface area (Å²) in [6.45, 7) is 0. The molecule has 0 aliphatic heterocycles. The molecule has 15 heavy (non-hydrogen) atoms. The van der Waals surface area contributed by atoms with Crippen LogP contribution in [0.15, 0.2) is 6.20 Å². The topological polar surface area (TPSA) is 50.2 Å². The molecule has 0 aliphatic rings. The second-order valence-electron chi connectivity index (χ2n) is 2.67. The standard InChI is InChI=1S/C8H5F3INO2/c9-7(10)4-2-13-8(11)3(6(4)12)1-5(14)15/h2,7H,1H2,(H,14,15). The summed E-state index contributed by atoms with van der Waals surface area (Å²) < 4.78 is 37.7. The molecule has 0 bridgehead atoms. The molecule has 0 radical (unpaired) electrons. The SMILES string of the molecule is O=C(O)Cc1c(F)ncc(C(F)F)c1I. The summed E-state index contributed by atoms with van der Waals surface area (Å²) in [5.74, 6) is -2.31. The van der Waals surface area contributed by atoms with Crippen molar-refractivity contribution < 1.29 is 23.1 Å². The van der Waals surface area contributed by atoms with E-state index >= 15 is 0 Å². The third-order valence-electron chi connectivity index (χ3n) is 1.65. The van der Waals surface area contributed by atoms with E-state index in [2.05, 4.69) is 4.98 Å². The first kappa shape index (κ1) is 12.2. The highest BCUT2D eigenvalue weighted by Gasteiger charge is 2.20. The molecule has 0 fully saturated rings. The predicted octanol–water partition coefficient (Wildman–Crippen LogP) is 2.39. The molecule has 1 rings (SSSR count). The Kier molecular flexibility index (Phi) is 3.89. The van der Waals surface area contributed by atoms with Gasteiger partial charge in [-0.1, -0.05) is 0 Å². The van der Waals surface area contributed by atoms with Crippen molar-refractivity contribution in [2.75, 3.05) is 0 Å². The first-order valence-corrected chi connectivity index (χ1v) is 4.84. The highest BCUT2D eigenvalue weighted by Crippen LogP contribution is 2.27. The van der Waals surface area contributed by atoms with E-state index in [1.807, 2.05) is 0 Å². The Balaban J connectivity index is 3.23. The van der Waals surface area contributed by atoms with E-state index in [1.165, 1.54) is 22.6 Å². The molecule has 82 valence electrons. The molecule has 3 nitrogen and oxygen atoms in total. The minimum atomic E-state index is -2.79. The molecule has 0 unspecified atom stereocenters. The molecule has 1 N–H and O–H groups in total. The molecule has 1 heterocycles. The van der Waals surface area contributed by atoms with Crippen molar-refractivity contribution in [3.63, 3.8) is 0 Å². The van der Waals surface area contributed by atoms with E-state index in [0.717, 1.165) is 0 Å². The second-order valence-corrected chi connectivity index (χ2v) is 3.75. The lowest BCUT2D eigenvalue weighted by atomic mass is 10.1. The van der Waals surface area contributed by atoms with Crippen LogP contribution in [-0.4, -0.2) is 16.1 Å². The molecule has 1 aromatic heterocycles. The largest absolute Gasteiger partial charge is 0.481 e. The molecule has 0 saturated heterocycles. The predicted molar refractivity (Wildman–Crippen MR) is 53.2 cm³/mol. The number of hydrogen-bond acceptors (Lipinski definition) is 2. The van der Waals surface area contributed by atoms with Gasteiger partial charge in [-0.05, 0) is 22.6 Å². The number of aliphatic carboxylic acids is 1. The van der Waals surface area contributed by atoms with Gasteiger partial charge in [0.25, 0.3) is 6.43 Å². The average molecular weight is 331 g/mol. The summed E-state index contributed by atoms with van der Waals surface area (Å²) >= 11 is 1.49. The monoisotopic (exact) mass is 331 g/mol. The number of carboxylic acid groups (broad SMARTS) is 1. The van der Waals surface area contributed by atoms with Crippen LogP contribution in [0.4, 0.5) is 13.2 Å². The Hall–Kier alpha value is -0.860. The minimum absolute atomic E-state index is 0.0856. The quantitative estimate of drug-likeness (QED) is 0.684. The van der Waals surface area contributed by atoms with Crippen molar-refractivity contribution in [3.8, 4) is 0 Å². The fourth-order valence-electron chi connectivity index (χ4n) is 0.979. The molecule has 0 aromatic carbocycles. The van der Waals surface area contributed by atoms with Gasteiger partial charge in [0.15, 0.2) is 0 Å². The van der Waals surface area contributed by atoms with Crippen molar-refractivity contribution in [2.45, 2.75) is 12.8 Å². The van der Waals surface area contributed by atoms with Crippen molar-refractivity contribution in [1.29, 1.82) is 0 Å². The fourth-order valence-corrected chi connectivity index (χ4v) is 1.77. The van der Waals surface area contributed by atoms with Gasteiger partial charge in [0.1, 0.15) is 0 Å². The van der Waals surface area contributed by atoms with Gasteiger partial charge in [-0.2, -0.15) is 4.39 Å². The number of rotatable bonds is 3. The third kappa shape index (κ3) is 2.80. The van der Waals surface area contributed by atoms with Gasteiger partial charge in [-0.3, -0.25) is 4.79 Å². The Labute approximate surface area is 96.5 Å². The van der Waals surface area contributed by atoms with Gasteiger partial charge < -0.3 is 5.11 Å². The smallest absolute Gasteiger partial charge is 0.308 e. The number of pyridine rings is 1. The normalized spacial score (nSPS) is 10.7. The highest BCUT2D eigenvalue weighted by atomic mass is 127. The summed E-state index contributed by atoms with van der Waals surface area (Å²) in [6, 6.07) is 0. The molecule has 0 atom stereocenters. The molecule has 0 aliphatic carbocycles. The van der Waals surface area contributed by atoms with Gasteiger partial charge >= 0.3 is 5.97 Å². The number of halogens is 4. The summed E-state index contributed by atoms with van der Waals surface area (Å²) in [6.07, 6.45) is -2.73. The van der Waals surface area contributed by atoms with Crippen LogP contribution in [0.3, 0.4) is 0 Å². The van der Waals surface area contributed by atoms with Crippen LogP contribution in [-0.2, 0) is 11.2 Å². The number of aromatic nitrogens is 1. The van der Waals surface area contributed by atoms with Gasteiger partial charge in [0, 0.05) is 20.9 Å². The average Bonchev–Trinajstić information content (AvgIpc) is 2.11. The lowest BCUT2D eigenvalue weighted by Crippen LogP contribution is -2.08. The van der Waals surface area contributed by atoms with Crippen LogP contribution in [0.1, 0.15) is 17.6 Å². The molecule has 1 aromatic rings. The van der Waals surface area contributed by atoms with E-state index in [-0.39, 0.29) is 9.13 Å². The number of carbonyl (C=O) groups is 1. The summed E-state index contributed by atoms with van der Waals surface area (Å²) in [5.41, 5.74) is -0.755. The van der Waals surface area contributed by atoms with Gasteiger partial charge in [-0.25, -0.2) is 13.8 Å². The summed E-state index contributed by atoms with van der Waals surface area (Å²) in [4.78, 5) is 13.5. The molecule has 7 heteroatoms. The van der Waals surface area contributed by atoms with Crippen LogP contribution in [0.5, 0.6) is 0 Å². The zero-order chi connectivity index (χ0) is 11.6. The van der Waals surface area contributed by atoms with E-state index in [0.29, 0.717) is 6.20 Å². The van der Waals surface area contributed by atoms with E-state index in [1.54, 1.807) is 0 Å². The van der Waals surface area contributed by atoms with Crippen LogP contribution in [0.25, 0.3) is 0 Å². The summed E-state index contributed by atoms with van der Waals surface area (Å²) in [7, 11) is 0. The van der Waals surface area contributed by atoms with Crippen molar-refractivity contribution in [3.05, 3.63) is 26.8 Å². The Bertz CT molecular complexity index is 398. The van der Waals surface area contributed by atoms with Crippen LogP contribution in [0.2, 0.25) is 0 Å². The number of nitrogens with zero attached hydrogens (tertiary/aromatic N) is 1. The maximum Gasteiger partial charge on any atom is 0.308 e. The maximum absolute atomic E-state index is 13.0. The van der Waals surface area contributed by atoms with E-state index in [9.17, 15) is 18.0 Å². The van der Waals surface area contributed by atoms with Crippen molar-refractivity contribution in [1.82, 2.24) is 4.98 Å². The highest BCUT2D eigenvalue weighted by molar-refractivity contribution is 14.1. The van der Waals surface area contributed by atoms with Gasteiger partial charge in [0.05, 0.1) is 6.42 Å². The molecule has 0 saturated carbocycles. The fraction of sp³-hybridized carbons (Fsp3) is 0.250. The Morgan fingerprint density at radius 3 is 2.67 bits per heavy atom. The van der Waals surface area contributed by atoms with E-state index in [4.69, 9.17) is 5.11 Å². The van der Waals surface area contributed by atoms with Crippen LogP contribution < -0.4 is 0 Å². The molecular formula is C8H5F3INO2. The van der Waals surface area contributed by atoms with E-state index < -0.39 is 30.3 Å². The Morgan fingerprint density at radius 1 is 1.60 bits per heavy atom. The molecule has 0 amide bonds. The van der Waals surface area contributed by atoms with Crippen LogP contribution in [0, 0.1) is 9.52 Å². The number of hydrogen-bond donors (Lipinski definition) is 1. The minimum Gasteiger partial charge on any atom is -0.481 e. The van der Waals surface area contributed by atoms with Crippen molar-refractivity contribution in [2.24, 2.45) is 0 Å². The maximum atomic E-state index is 13.0. The molecule has 0 spiro atoms. The second kappa shape index (κ2) is 4.77. The van der Waals surface area contributed by atoms with Gasteiger partial charge in [-0.15, -0.1) is 0 Å². The number of carboxylic acids is 1. The lowest BCUT2D eigenvalue weighted by Gasteiger charge is -2.07. The Morgan fingerprint density at radius 2 is 2.20 bits per heavy atom. The zero-order valence-electron chi connectivity index (χ0n) is 7.18. The van der Waals surface area contributed by atoms with Crippen LogP contribution >= 0.6 is 22.6 Å². The van der Waals surface area contributed by atoms with Crippen molar-refractivity contribution >= 4 is 28.6 Å². The number of alkyl halides is 2. The third-order valence-corrected chi connectivity index (χ3v) is 2.92. The van der Waals surface area contributed by atoms with Gasteiger partial charge in [0.2, 0.25) is 5.95 Å². The first-order valence-electron chi connectivity index (χ1n) is 3.76. The zero-order valence-corrected chi connectivity index (χ0v) is 9.33. The first-order chi connectivity index (χ1) is 6.93. The summed E-state index contributed by atoms with van der Waals surface area (Å²) in [5, 5.41) is 8.46. The lowest BCUT2D eigenvalue weighted by molar-refractivity contribution is -0.136. The molecular weight excluding hydrogens is 326 g/mol.